The maximum atomic E-state index is 12.4. The third-order valence-corrected chi connectivity index (χ3v) is 4.00. The summed E-state index contributed by atoms with van der Waals surface area (Å²) in [7, 11) is 0. The summed E-state index contributed by atoms with van der Waals surface area (Å²) in [5.41, 5.74) is 0.0889. The van der Waals surface area contributed by atoms with Crippen molar-refractivity contribution in [1.29, 1.82) is 0 Å². The first kappa shape index (κ1) is 18.9. The lowest BCUT2D eigenvalue weighted by Gasteiger charge is -2.29. The predicted octanol–water partition coefficient (Wildman–Crippen LogP) is 2.25. The fourth-order valence-corrected chi connectivity index (χ4v) is 2.68. The Morgan fingerprint density at radius 2 is 1.88 bits per heavy atom. The fraction of sp³-hybridized carbons (Fsp3) is 0.556. The summed E-state index contributed by atoms with van der Waals surface area (Å²) in [5, 5.41) is 2.91. The van der Waals surface area contributed by atoms with Crippen LogP contribution in [0, 0.1) is 5.92 Å². The van der Waals surface area contributed by atoms with Crippen LogP contribution in [-0.4, -0.2) is 35.0 Å². The van der Waals surface area contributed by atoms with Gasteiger partial charge in [-0.15, -0.1) is 0 Å². The number of ether oxygens (including phenoxy) is 2. The molecule has 1 heterocycles. The highest BCUT2D eigenvalue weighted by atomic mass is 16.5. The molecule has 0 unspecified atom stereocenters. The quantitative estimate of drug-likeness (QED) is 0.820. The molecular weight excluding hydrogens is 324 g/mol. The first-order chi connectivity index (χ1) is 11.9. The van der Waals surface area contributed by atoms with Crippen molar-refractivity contribution in [3.05, 3.63) is 24.0 Å². The van der Waals surface area contributed by atoms with Crippen molar-refractivity contribution in [2.75, 3.05) is 0 Å². The second-order valence-electron chi connectivity index (χ2n) is 6.48. The SMILES string of the molecule is CC(=O)Oc1cccnc1C(=O)NC1CCC(OC(=O)C(C)C)CC1. The summed E-state index contributed by atoms with van der Waals surface area (Å²) in [6.45, 7) is 4.89. The number of hydrogen-bond donors (Lipinski definition) is 1. The van der Waals surface area contributed by atoms with Gasteiger partial charge >= 0.3 is 11.9 Å². The van der Waals surface area contributed by atoms with Gasteiger partial charge in [-0.05, 0) is 37.8 Å². The minimum atomic E-state index is -0.505. The molecule has 0 radical (unpaired) electrons. The second-order valence-corrected chi connectivity index (χ2v) is 6.48. The molecule has 25 heavy (non-hydrogen) atoms. The minimum Gasteiger partial charge on any atom is -0.462 e. The van der Waals surface area contributed by atoms with Crippen molar-refractivity contribution >= 4 is 17.8 Å². The average molecular weight is 348 g/mol. The highest BCUT2D eigenvalue weighted by Crippen LogP contribution is 2.23. The molecule has 1 aromatic rings. The first-order valence-corrected chi connectivity index (χ1v) is 8.51. The smallest absolute Gasteiger partial charge is 0.308 e. The van der Waals surface area contributed by atoms with E-state index in [1.54, 1.807) is 6.07 Å². The Bertz CT molecular complexity index is 636. The molecule has 0 saturated heterocycles. The zero-order valence-electron chi connectivity index (χ0n) is 14.8. The van der Waals surface area contributed by atoms with E-state index < -0.39 is 5.97 Å². The number of carbonyl (C=O) groups is 3. The van der Waals surface area contributed by atoms with E-state index in [0.29, 0.717) is 12.8 Å². The Morgan fingerprint density at radius 3 is 2.48 bits per heavy atom. The van der Waals surface area contributed by atoms with Crippen molar-refractivity contribution in [3.63, 3.8) is 0 Å². The molecule has 7 heteroatoms. The van der Waals surface area contributed by atoms with Gasteiger partial charge in [0, 0.05) is 19.2 Å². The Hall–Kier alpha value is -2.44. The molecule has 1 saturated carbocycles. The van der Waals surface area contributed by atoms with Gasteiger partial charge in [0.25, 0.3) is 5.91 Å². The summed E-state index contributed by atoms with van der Waals surface area (Å²) in [4.78, 5) is 39.2. The van der Waals surface area contributed by atoms with E-state index in [-0.39, 0.29) is 41.4 Å². The van der Waals surface area contributed by atoms with Gasteiger partial charge in [-0.2, -0.15) is 0 Å². The van der Waals surface area contributed by atoms with Crippen LogP contribution in [0.1, 0.15) is 56.9 Å². The molecule has 0 aliphatic heterocycles. The summed E-state index contributed by atoms with van der Waals surface area (Å²) >= 11 is 0. The van der Waals surface area contributed by atoms with Gasteiger partial charge in [-0.25, -0.2) is 4.98 Å². The number of rotatable bonds is 5. The Balaban J connectivity index is 1.89. The number of aromatic nitrogens is 1. The van der Waals surface area contributed by atoms with E-state index in [9.17, 15) is 14.4 Å². The molecule has 2 rings (SSSR count). The van der Waals surface area contributed by atoms with Crippen LogP contribution in [0.4, 0.5) is 0 Å². The van der Waals surface area contributed by atoms with Crippen LogP contribution in [0.15, 0.2) is 18.3 Å². The average Bonchev–Trinajstić information content (AvgIpc) is 2.56. The zero-order chi connectivity index (χ0) is 18.4. The largest absolute Gasteiger partial charge is 0.462 e. The zero-order valence-corrected chi connectivity index (χ0v) is 14.8. The maximum Gasteiger partial charge on any atom is 0.308 e. The molecular formula is C18H24N2O5. The van der Waals surface area contributed by atoms with Crippen LogP contribution in [-0.2, 0) is 14.3 Å². The lowest BCUT2D eigenvalue weighted by molar-refractivity contribution is -0.154. The fourth-order valence-electron chi connectivity index (χ4n) is 2.68. The van der Waals surface area contributed by atoms with Gasteiger partial charge in [0.15, 0.2) is 11.4 Å². The standard InChI is InChI=1S/C18H24N2O5/c1-11(2)18(23)25-14-8-6-13(7-9-14)20-17(22)16-15(24-12(3)21)5-4-10-19-16/h4-5,10-11,13-14H,6-9H2,1-3H3,(H,20,22). The third kappa shape index (κ3) is 5.55. The summed E-state index contributed by atoms with van der Waals surface area (Å²) in [6.07, 6.45) is 4.25. The van der Waals surface area contributed by atoms with Crippen molar-refractivity contribution in [3.8, 4) is 5.75 Å². The van der Waals surface area contributed by atoms with Crippen LogP contribution in [0.2, 0.25) is 0 Å². The van der Waals surface area contributed by atoms with E-state index >= 15 is 0 Å². The molecule has 7 nitrogen and oxygen atoms in total. The molecule has 0 spiro atoms. The van der Waals surface area contributed by atoms with Crippen LogP contribution in [0.5, 0.6) is 5.75 Å². The van der Waals surface area contributed by atoms with Crippen molar-refractivity contribution in [2.24, 2.45) is 5.92 Å². The lowest BCUT2D eigenvalue weighted by atomic mass is 9.92. The van der Waals surface area contributed by atoms with Crippen molar-refractivity contribution in [2.45, 2.75) is 58.6 Å². The Labute approximate surface area is 147 Å². The number of esters is 2. The van der Waals surface area contributed by atoms with E-state index in [1.165, 1.54) is 19.2 Å². The summed E-state index contributed by atoms with van der Waals surface area (Å²) in [6, 6.07) is 3.11. The number of pyridine rings is 1. The maximum absolute atomic E-state index is 12.4. The van der Waals surface area contributed by atoms with E-state index in [0.717, 1.165) is 12.8 Å². The topological polar surface area (TPSA) is 94.6 Å². The van der Waals surface area contributed by atoms with E-state index in [1.807, 2.05) is 13.8 Å². The monoisotopic (exact) mass is 348 g/mol. The number of nitrogens with one attached hydrogen (secondary N) is 1. The molecule has 0 atom stereocenters. The second kappa shape index (κ2) is 8.60. The number of carbonyl (C=O) groups excluding carboxylic acids is 3. The Morgan fingerprint density at radius 1 is 1.20 bits per heavy atom. The van der Waals surface area contributed by atoms with Gasteiger partial charge < -0.3 is 14.8 Å². The lowest BCUT2D eigenvalue weighted by Crippen LogP contribution is -2.40. The molecule has 1 fully saturated rings. The van der Waals surface area contributed by atoms with Gasteiger partial charge in [-0.3, -0.25) is 14.4 Å². The third-order valence-electron chi connectivity index (χ3n) is 4.00. The molecule has 136 valence electrons. The van der Waals surface area contributed by atoms with Crippen molar-refractivity contribution in [1.82, 2.24) is 10.3 Å². The van der Waals surface area contributed by atoms with Crippen LogP contribution in [0.25, 0.3) is 0 Å². The minimum absolute atomic E-state index is 0.0197. The number of nitrogens with zero attached hydrogens (tertiary/aromatic N) is 1. The highest BCUT2D eigenvalue weighted by molar-refractivity contribution is 5.95. The van der Waals surface area contributed by atoms with Gasteiger partial charge in [0.05, 0.1) is 5.92 Å². The molecule has 1 aromatic heterocycles. The molecule has 1 aliphatic rings. The van der Waals surface area contributed by atoms with Gasteiger partial charge in [-0.1, -0.05) is 13.8 Å². The Kier molecular flexibility index (Phi) is 6.50. The summed E-state index contributed by atoms with van der Waals surface area (Å²) < 4.78 is 10.5. The van der Waals surface area contributed by atoms with Gasteiger partial charge in [0.1, 0.15) is 6.10 Å². The first-order valence-electron chi connectivity index (χ1n) is 8.51. The molecule has 1 aliphatic carbocycles. The van der Waals surface area contributed by atoms with Crippen LogP contribution < -0.4 is 10.1 Å². The molecule has 1 amide bonds. The molecule has 1 N–H and O–H groups in total. The number of amides is 1. The van der Waals surface area contributed by atoms with Crippen LogP contribution in [0.3, 0.4) is 0 Å². The van der Waals surface area contributed by atoms with Crippen molar-refractivity contribution < 1.29 is 23.9 Å². The molecule has 0 bridgehead atoms. The van der Waals surface area contributed by atoms with E-state index in [2.05, 4.69) is 10.3 Å². The number of hydrogen-bond acceptors (Lipinski definition) is 6. The summed E-state index contributed by atoms with van der Waals surface area (Å²) in [5.74, 6) is -1.06. The predicted molar refractivity (Wildman–Crippen MR) is 90.0 cm³/mol. The molecule has 0 aromatic carbocycles. The van der Waals surface area contributed by atoms with Gasteiger partial charge in [0.2, 0.25) is 0 Å². The highest BCUT2D eigenvalue weighted by Gasteiger charge is 2.27. The normalized spacial score (nSPS) is 20.0. The van der Waals surface area contributed by atoms with Crippen LogP contribution >= 0.6 is 0 Å². The van der Waals surface area contributed by atoms with E-state index in [4.69, 9.17) is 9.47 Å².